The van der Waals surface area contributed by atoms with E-state index in [4.69, 9.17) is 0 Å². The van der Waals surface area contributed by atoms with Crippen molar-refractivity contribution < 1.29 is 23.1 Å². The number of carbonyl (C=O) groups is 1. The van der Waals surface area contributed by atoms with Crippen molar-refractivity contribution in [2.45, 2.75) is 18.8 Å². The van der Waals surface area contributed by atoms with Crippen LogP contribution in [0.4, 0.5) is 18.0 Å². The molecule has 142 valence electrons. The zero-order valence-electron chi connectivity index (χ0n) is 14.1. The number of fused-ring (bicyclic) bond motifs is 1. The molecule has 0 aliphatic heterocycles. The van der Waals surface area contributed by atoms with Crippen molar-refractivity contribution in [3.63, 3.8) is 0 Å². The number of nitrogens with one attached hydrogen (secondary N) is 2. The van der Waals surface area contributed by atoms with E-state index in [0.29, 0.717) is 5.56 Å². The summed E-state index contributed by atoms with van der Waals surface area (Å²) in [7, 11) is 0. The Morgan fingerprint density at radius 2 is 1.78 bits per heavy atom. The third-order valence-corrected chi connectivity index (χ3v) is 5.18. The van der Waals surface area contributed by atoms with E-state index < -0.39 is 23.9 Å². The second-order valence-corrected chi connectivity index (χ2v) is 7.08. The normalized spacial score (nSPS) is 12.7. The van der Waals surface area contributed by atoms with Gasteiger partial charge in [-0.1, -0.05) is 30.3 Å². The van der Waals surface area contributed by atoms with Crippen LogP contribution < -0.4 is 10.6 Å². The number of hydrogen-bond donors (Lipinski definition) is 3. The molecule has 0 aliphatic carbocycles. The summed E-state index contributed by atoms with van der Waals surface area (Å²) in [6.45, 7) is 0.120. The fraction of sp³-hybridized carbons (Fsp3) is 0.211. The Balaban J connectivity index is 1.48. The van der Waals surface area contributed by atoms with Gasteiger partial charge in [0, 0.05) is 16.1 Å². The minimum Gasteiger partial charge on any atom is -0.386 e. The quantitative estimate of drug-likeness (QED) is 0.599. The smallest absolute Gasteiger partial charge is 0.386 e. The number of alkyl halides is 3. The highest BCUT2D eigenvalue weighted by Gasteiger charge is 2.29. The minimum atomic E-state index is -4.38. The number of benzene rings is 2. The van der Waals surface area contributed by atoms with Crippen LogP contribution in [0, 0.1) is 0 Å². The van der Waals surface area contributed by atoms with E-state index >= 15 is 0 Å². The van der Waals surface area contributed by atoms with Gasteiger partial charge in [0.1, 0.15) is 6.10 Å². The lowest BCUT2D eigenvalue weighted by Crippen LogP contribution is -2.37. The molecular formula is C19H17F3N2O2S. The second kappa shape index (κ2) is 7.98. The minimum absolute atomic E-state index is 0.0334. The predicted molar refractivity (Wildman–Crippen MR) is 98.5 cm³/mol. The Kier molecular flexibility index (Phi) is 5.67. The molecule has 1 unspecified atom stereocenters. The number of aliphatic hydroxyl groups excluding tert-OH is 1. The molecule has 4 nitrogen and oxygen atoms in total. The van der Waals surface area contributed by atoms with Gasteiger partial charge >= 0.3 is 12.2 Å². The lowest BCUT2D eigenvalue weighted by molar-refractivity contribution is -0.137. The molecule has 0 radical (unpaired) electrons. The van der Waals surface area contributed by atoms with Crippen LogP contribution in [0.15, 0.2) is 54.6 Å². The summed E-state index contributed by atoms with van der Waals surface area (Å²) in [5.41, 5.74) is -0.189. The molecule has 3 N–H and O–H groups in total. The Bertz CT molecular complexity index is 890. The van der Waals surface area contributed by atoms with Crippen molar-refractivity contribution in [1.82, 2.24) is 10.6 Å². The first-order valence-corrected chi connectivity index (χ1v) is 8.99. The fourth-order valence-electron chi connectivity index (χ4n) is 2.51. The summed E-state index contributed by atoms with van der Waals surface area (Å²) in [5, 5.41) is 16.4. The van der Waals surface area contributed by atoms with Crippen LogP contribution in [-0.4, -0.2) is 17.7 Å². The largest absolute Gasteiger partial charge is 0.416 e. The maximum Gasteiger partial charge on any atom is 0.416 e. The van der Waals surface area contributed by atoms with Crippen molar-refractivity contribution in [3.8, 4) is 0 Å². The third-order valence-electron chi connectivity index (χ3n) is 3.96. The number of rotatable bonds is 5. The molecule has 1 heterocycles. The molecule has 2 amide bonds. The molecule has 1 atom stereocenters. The third kappa shape index (κ3) is 4.99. The molecule has 0 saturated heterocycles. The number of urea groups is 1. The first-order valence-electron chi connectivity index (χ1n) is 8.17. The van der Waals surface area contributed by atoms with Crippen molar-refractivity contribution in [2.75, 3.05) is 6.54 Å². The number of hydrogen-bond acceptors (Lipinski definition) is 3. The first-order chi connectivity index (χ1) is 12.8. The van der Waals surface area contributed by atoms with E-state index in [2.05, 4.69) is 10.6 Å². The van der Waals surface area contributed by atoms with Crippen LogP contribution >= 0.6 is 11.3 Å². The summed E-state index contributed by atoms with van der Waals surface area (Å²) in [6, 6.07) is 13.7. The average Bonchev–Trinajstić information content (AvgIpc) is 3.08. The van der Waals surface area contributed by atoms with E-state index in [9.17, 15) is 23.1 Å². The lowest BCUT2D eigenvalue weighted by atomic mass is 10.1. The topological polar surface area (TPSA) is 61.4 Å². The fourth-order valence-corrected chi connectivity index (χ4v) is 3.56. The van der Waals surface area contributed by atoms with E-state index in [1.54, 1.807) is 0 Å². The number of halogens is 3. The van der Waals surface area contributed by atoms with Crippen LogP contribution in [0.3, 0.4) is 0 Å². The van der Waals surface area contributed by atoms with Gasteiger partial charge in [0.2, 0.25) is 0 Å². The number of thiophene rings is 1. The molecule has 1 aromatic heterocycles. The van der Waals surface area contributed by atoms with Gasteiger partial charge in [0.15, 0.2) is 0 Å². The highest BCUT2D eigenvalue weighted by atomic mass is 32.1. The standard InChI is InChI=1S/C19H17F3N2O2S/c20-19(21,22)14-7-5-12(6-8-14)10-23-18(26)24-11-15(25)17-9-13-3-1-2-4-16(13)27-17/h1-9,15,25H,10-11H2,(H2,23,24,26). The zero-order valence-corrected chi connectivity index (χ0v) is 14.9. The monoisotopic (exact) mass is 394 g/mol. The van der Waals surface area contributed by atoms with Gasteiger partial charge in [-0.25, -0.2) is 4.79 Å². The summed E-state index contributed by atoms with van der Waals surface area (Å²) in [4.78, 5) is 12.6. The summed E-state index contributed by atoms with van der Waals surface area (Å²) in [5.74, 6) is 0. The van der Waals surface area contributed by atoms with Gasteiger partial charge < -0.3 is 15.7 Å². The molecule has 2 aromatic carbocycles. The van der Waals surface area contributed by atoms with Gasteiger partial charge in [-0.05, 0) is 35.2 Å². The molecule has 0 spiro atoms. The van der Waals surface area contributed by atoms with Gasteiger partial charge in [-0.3, -0.25) is 0 Å². The molecular weight excluding hydrogens is 377 g/mol. The van der Waals surface area contributed by atoms with E-state index in [0.717, 1.165) is 27.1 Å². The molecule has 3 rings (SSSR count). The van der Waals surface area contributed by atoms with Gasteiger partial charge in [0.05, 0.1) is 12.1 Å². The van der Waals surface area contributed by atoms with E-state index in [1.165, 1.54) is 23.5 Å². The van der Waals surface area contributed by atoms with Gasteiger partial charge in [-0.2, -0.15) is 13.2 Å². The number of aliphatic hydroxyl groups is 1. The second-order valence-electron chi connectivity index (χ2n) is 5.96. The molecule has 0 fully saturated rings. The van der Waals surface area contributed by atoms with Crippen LogP contribution in [0.2, 0.25) is 0 Å². The summed E-state index contributed by atoms with van der Waals surface area (Å²) < 4.78 is 38.6. The Morgan fingerprint density at radius 3 is 2.44 bits per heavy atom. The van der Waals surface area contributed by atoms with Crippen molar-refractivity contribution in [2.24, 2.45) is 0 Å². The van der Waals surface area contributed by atoms with Crippen molar-refractivity contribution >= 4 is 27.5 Å². The zero-order chi connectivity index (χ0) is 19.4. The maximum atomic E-state index is 12.5. The summed E-state index contributed by atoms with van der Waals surface area (Å²) in [6.07, 6.45) is -5.22. The molecule has 0 bridgehead atoms. The summed E-state index contributed by atoms with van der Waals surface area (Å²) >= 11 is 1.46. The highest BCUT2D eigenvalue weighted by molar-refractivity contribution is 7.19. The van der Waals surface area contributed by atoms with Crippen molar-refractivity contribution in [1.29, 1.82) is 0 Å². The molecule has 8 heteroatoms. The van der Waals surface area contributed by atoms with Crippen LogP contribution in [0.5, 0.6) is 0 Å². The Hall–Kier alpha value is -2.58. The number of amides is 2. The number of carbonyl (C=O) groups excluding carboxylic acids is 1. The van der Waals surface area contributed by atoms with E-state index in [1.807, 2.05) is 30.3 Å². The Labute approximate surface area is 157 Å². The van der Waals surface area contributed by atoms with Crippen LogP contribution in [0.1, 0.15) is 22.1 Å². The molecule has 0 aliphatic rings. The van der Waals surface area contributed by atoms with Crippen LogP contribution in [0.25, 0.3) is 10.1 Å². The lowest BCUT2D eigenvalue weighted by Gasteiger charge is -2.12. The van der Waals surface area contributed by atoms with Gasteiger partial charge in [0.25, 0.3) is 0 Å². The first kappa shape index (κ1) is 19.2. The van der Waals surface area contributed by atoms with Crippen molar-refractivity contribution in [3.05, 3.63) is 70.6 Å². The maximum absolute atomic E-state index is 12.5. The van der Waals surface area contributed by atoms with Crippen LogP contribution in [-0.2, 0) is 12.7 Å². The van der Waals surface area contributed by atoms with E-state index in [-0.39, 0.29) is 13.1 Å². The SMILES string of the molecule is O=C(NCc1ccc(C(F)(F)F)cc1)NCC(O)c1cc2ccccc2s1. The molecule has 0 saturated carbocycles. The predicted octanol–water partition coefficient (Wildman–Crippen LogP) is 4.45. The highest BCUT2D eigenvalue weighted by Crippen LogP contribution is 2.30. The molecule has 3 aromatic rings. The molecule has 27 heavy (non-hydrogen) atoms. The van der Waals surface area contributed by atoms with Gasteiger partial charge in [-0.15, -0.1) is 11.3 Å². The average molecular weight is 394 g/mol. The Morgan fingerprint density at radius 1 is 1.07 bits per heavy atom.